The number of amidine groups is 1. The van der Waals surface area contributed by atoms with E-state index in [9.17, 15) is 28.8 Å². The Morgan fingerprint density at radius 1 is 0.627 bits per heavy atom. The van der Waals surface area contributed by atoms with Gasteiger partial charge in [-0.15, -0.1) is 0 Å². The molecule has 20 heteroatoms. The number of ketones is 1. The molecule has 342 valence electrons. The number of carbonyl (C=O) groups is 6. The van der Waals surface area contributed by atoms with E-state index in [0.29, 0.717) is 32.1 Å². The molecule has 0 unspecified atom stereocenters. The smallest absolute Gasteiger partial charge is 0.408 e. The van der Waals surface area contributed by atoms with Crippen LogP contribution in [0.4, 0.5) is 4.79 Å². The highest BCUT2D eigenvalue weighted by Gasteiger charge is 2.41. The van der Waals surface area contributed by atoms with E-state index in [0.717, 1.165) is 6.42 Å². The van der Waals surface area contributed by atoms with Crippen molar-refractivity contribution < 1.29 is 61.9 Å². The van der Waals surface area contributed by atoms with E-state index in [1.807, 2.05) is 0 Å². The van der Waals surface area contributed by atoms with Gasteiger partial charge in [0.2, 0.25) is 5.91 Å². The average Bonchev–Trinajstić information content (AvgIpc) is 3.09. The molecule has 0 rings (SSSR count). The lowest BCUT2D eigenvalue weighted by molar-refractivity contribution is -0.170. The first-order chi connectivity index (χ1) is 27.1. The van der Waals surface area contributed by atoms with Gasteiger partial charge in [-0.25, -0.2) is 4.79 Å². The second kappa shape index (κ2) is 27.5. The number of esters is 3. The van der Waals surface area contributed by atoms with Crippen molar-refractivity contribution in [1.82, 2.24) is 10.6 Å². The zero-order valence-corrected chi connectivity index (χ0v) is 40.9. The van der Waals surface area contributed by atoms with Crippen LogP contribution in [0.1, 0.15) is 107 Å². The number of carbonyl (C=O) groups excluding carboxylic acids is 6. The molecule has 2 amide bonds. The number of unbranched alkanes of at least 4 members (excludes halogenated alkanes) is 2. The molecular weight excluding hydrogens is 972 g/mol. The van der Waals surface area contributed by atoms with Crippen LogP contribution in [0.15, 0.2) is 0 Å². The lowest BCUT2D eigenvalue weighted by Gasteiger charge is -2.34. The molecule has 0 aromatic carbocycles. The van der Waals surface area contributed by atoms with Crippen LogP contribution in [-0.2, 0) is 57.1 Å². The number of rotatable bonds is 31. The van der Waals surface area contributed by atoms with Crippen LogP contribution in [-0.4, -0.2) is 132 Å². The summed E-state index contributed by atoms with van der Waals surface area (Å²) in [6.07, 6.45) is 2.82. The predicted octanol–water partition coefficient (Wildman–Crippen LogP) is 5.42. The summed E-state index contributed by atoms with van der Waals surface area (Å²) in [4.78, 5) is 75.9. The lowest BCUT2D eigenvalue weighted by atomic mass is 9.91. The minimum Gasteiger partial charge on any atom is -0.464 e. The van der Waals surface area contributed by atoms with Gasteiger partial charge < -0.3 is 49.5 Å². The van der Waals surface area contributed by atoms with Crippen molar-refractivity contribution in [2.75, 3.05) is 66.0 Å². The van der Waals surface area contributed by atoms with Crippen LogP contribution in [0.2, 0.25) is 0 Å². The number of hydrogen-bond donors (Lipinski definition) is 4. The van der Waals surface area contributed by atoms with Gasteiger partial charge in [0.15, 0.2) is 5.78 Å². The summed E-state index contributed by atoms with van der Waals surface area (Å²) in [5, 5.41) is 12.7. The third kappa shape index (κ3) is 28.7. The summed E-state index contributed by atoms with van der Waals surface area (Å²) < 4.78 is 35.7. The molecular formula is C39H67Br3N4O13. The van der Waals surface area contributed by atoms with Crippen molar-refractivity contribution >= 4 is 89.3 Å². The number of Topliss-reactive ketones (excluding diaryl/α,β-unsaturated/α-hetero) is 1. The molecule has 0 radical (unpaired) electrons. The number of nitrogens with one attached hydrogen (secondary N) is 3. The number of amides is 2. The second-order valence-corrected chi connectivity index (χ2v) is 22.6. The lowest BCUT2D eigenvalue weighted by Crippen LogP contribution is -2.48. The highest BCUT2D eigenvalue weighted by molar-refractivity contribution is 9.10. The van der Waals surface area contributed by atoms with E-state index in [1.165, 1.54) is 0 Å². The molecule has 0 aromatic heterocycles. The van der Waals surface area contributed by atoms with E-state index >= 15 is 0 Å². The molecule has 0 heterocycles. The zero-order chi connectivity index (χ0) is 45.5. The Hall–Kier alpha value is -2.39. The molecule has 0 aliphatic rings. The Kier molecular flexibility index (Phi) is 26.4. The molecule has 0 spiro atoms. The van der Waals surface area contributed by atoms with Gasteiger partial charge in [0.1, 0.15) is 51.0 Å². The summed E-state index contributed by atoms with van der Waals surface area (Å²) in [6.45, 7) is 14.4. The standard InChI is InChI=1S/C39H67Br3N4O13/c1-35(2,3)59-34(52)46-28(15-11-10-12-16-29(43)44)30(48)45-17-19-54-21-20-53-18-13-14-27(47)22-55-23-39(24-56-31(49)36(4,5)40,25-57-32(50)37(6,7)41)26-58-33(51)38(8,9)42/h28H,10-26H2,1-9H3,(H3,43,44)(H,45,48)(H,46,52)/t28-/m0/s1. The van der Waals surface area contributed by atoms with Crippen LogP contribution in [0.3, 0.4) is 0 Å². The van der Waals surface area contributed by atoms with Gasteiger partial charge in [0.25, 0.3) is 0 Å². The number of alkyl halides is 3. The fourth-order valence-corrected chi connectivity index (χ4v) is 4.84. The quantitative estimate of drug-likeness (QED) is 0.0170. The molecule has 59 heavy (non-hydrogen) atoms. The van der Waals surface area contributed by atoms with Gasteiger partial charge in [0, 0.05) is 26.0 Å². The van der Waals surface area contributed by atoms with Gasteiger partial charge in [-0.2, -0.15) is 0 Å². The minimum atomic E-state index is -1.35. The van der Waals surface area contributed by atoms with Crippen LogP contribution in [0, 0.1) is 10.8 Å². The maximum atomic E-state index is 12.8. The maximum absolute atomic E-state index is 12.8. The van der Waals surface area contributed by atoms with Crippen LogP contribution in [0.5, 0.6) is 0 Å². The molecule has 0 bridgehead atoms. The van der Waals surface area contributed by atoms with Crippen molar-refractivity contribution in [3.8, 4) is 0 Å². The molecule has 0 fully saturated rings. The largest absolute Gasteiger partial charge is 0.464 e. The predicted molar refractivity (Wildman–Crippen MR) is 232 cm³/mol. The second-order valence-electron chi connectivity index (χ2n) is 16.6. The summed E-state index contributed by atoms with van der Waals surface area (Å²) in [6, 6.07) is -0.800. The molecule has 1 atom stereocenters. The highest BCUT2D eigenvalue weighted by Crippen LogP contribution is 2.28. The molecule has 17 nitrogen and oxygen atoms in total. The van der Waals surface area contributed by atoms with Gasteiger partial charge >= 0.3 is 24.0 Å². The van der Waals surface area contributed by atoms with E-state index < -0.39 is 54.0 Å². The molecule has 5 N–H and O–H groups in total. The molecule has 0 saturated carbocycles. The number of ether oxygens (including phenoxy) is 7. The van der Waals surface area contributed by atoms with Crippen LogP contribution >= 0.6 is 47.8 Å². The first-order valence-electron chi connectivity index (χ1n) is 19.5. The first-order valence-corrected chi connectivity index (χ1v) is 21.9. The molecule has 0 aromatic rings. The number of halogens is 3. The van der Waals surface area contributed by atoms with E-state index in [-0.39, 0.29) is 90.0 Å². The number of nitrogens with two attached hydrogens (primary N) is 1. The number of alkyl carbamates (subject to hydrolysis) is 1. The minimum absolute atomic E-state index is 0.109. The van der Waals surface area contributed by atoms with Crippen molar-refractivity contribution in [3.05, 3.63) is 0 Å². The average molecular weight is 1040 g/mol. The first kappa shape index (κ1) is 56.6. The van der Waals surface area contributed by atoms with Crippen LogP contribution in [0.25, 0.3) is 0 Å². The van der Waals surface area contributed by atoms with Crippen LogP contribution < -0.4 is 16.4 Å². The van der Waals surface area contributed by atoms with Crippen molar-refractivity contribution in [2.24, 2.45) is 11.1 Å². The Morgan fingerprint density at radius 3 is 1.58 bits per heavy atom. The van der Waals surface area contributed by atoms with Crippen molar-refractivity contribution in [3.63, 3.8) is 0 Å². The van der Waals surface area contributed by atoms with Crippen molar-refractivity contribution in [1.29, 1.82) is 5.41 Å². The Bertz CT molecular complexity index is 1280. The van der Waals surface area contributed by atoms with E-state index in [2.05, 4.69) is 58.4 Å². The van der Waals surface area contributed by atoms with E-state index in [1.54, 1.807) is 62.3 Å². The Labute approximate surface area is 374 Å². The monoisotopic (exact) mass is 1040 g/mol. The molecule has 0 aliphatic heterocycles. The Morgan fingerprint density at radius 2 is 1.12 bits per heavy atom. The SMILES string of the molecule is CC(C)(C)OC(=O)N[C@@H](CCCCCC(=N)N)C(=O)NCCOCCOCCCC(=O)COCC(COC(=O)C(C)(C)Br)(COC(=O)C(C)(C)Br)COC(=O)C(C)(C)Br. The normalized spacial score (nSPS) is 12.9. The summed E-state index contributed by atoms with van der Waals surface area (Å²) >= 11 is 9.79. The van der Waals surface area contributed by atoms with Gasteiger partial charge in [-0.3, -0.25) is 29.4 Å². The summed E-state index contributed by atoms with van der Waals surface area (Å²) in [7, 11) is 0. The van der Waals surface area contributed by atoms with Gasteiger partial charge in [-0.1, -0.05) is 60.6 Å². The Balaban J connectivity index is 4.93. The maximum Gasteiger partial charge on any atom is 0.408 e. The molecule has 0 saturated heterocycles. The fourth-order valence-electron chi connectivity index (χ4n) is 4.50. The summed E-state index contributed by atoms with van der Waals surface area (Å²) in [5.41, 5.74) is 3.33. The van der Waals surface area contributed by atoms with E-state index in [4.69, 9.17) is 44.3 Å². The topological polar surface area (TPSA) is 241 Å². The van der Waals surface area contributed by atoms with Gasteiger partial charge in [-0.05, 0) is 81.6 Å². The third-order valence-corrected chi connectivity index (χ3v) is 8.74. The third-order valence-electron chi connectivity index (χ3n) is 7.76. The van der Waals surface area contributed by atoms with Gasteiger partial charge in [0.05, 0.1) is 37.7 Å². The molecule has 0 aliphatic carbocycles. The number of hydrogen-bond acceptors (Lipinski definition) is 14. The fraction of sp³-hybridized carbons (Fsp3) is 0.821. The zero-order valence-electron chi connectivity index (χ0n) is 36.1. The highest BCUT2D eigenvalue weighted by atomic mass is 79.9. The summed E-state index contributed by atoms with van der Waals surface area (Å²) in [5.74, 6) is -2.33. The van der Waals surface area contributed by atoms with Crippen molar-refractivity contribution in [2.45, 2.75) is 132 Å².